The van der Waals surface area contributed by atoms with Crippen molar-refractivity contribution in [2.24, 2.45) is 0 Å². The van der Waals surface area contributed by atoms with Crippen molar-refractivity contribution >= 4 is 22.4 Å². The van der Waals surface area contributed by atoms with Crippen LogP contribution in [-0.4, -0.2) is 18.2 Å². The van der Waals surface area contributed by atoms with Gasteiger partial charge in [-0.05, 0) is 23.6 Å². The molecule has 0 aliphatic heterocycles. The van der Waals surface area contributed by atoms with E-state index >= 15 is 0 Å². The number of aromatic hydroxyl groups is 1. The van der Waals surface area contributed by atoms with Crippen LogP contribution in [0.25, 0.3) is 10.8 Å². The second-order valence-electron chi connectivity index (χ2n) is 3.42. The number of benzene rings is 2. The minimum Gasteiger partial charge on any atom is -0.508 e. The summed E-state index contributed by atoms with van der Waals surface area (Å²) in [6.45, 7) is 0. The van der Waals surface area contributed by atoms with Gasteiger partial charge in [0, 0.05) is 5.39 Å². The van der Waals surface area contributed by atoms with Gasteiger partial charge in [0.2, 0.25) is 0 Å². The number of nitrogens with two attached hydrogens (primary N) is 1. The maximum atomic E-state index is 11.4. The van der Waals surface area contributed by atoms with E-state index in [4.69, 9.17) is 5.73 Å². The number of methoxy groups -OCH3 is 1. The number of carbonyl (C=O) groups excluding carboxylic acids is 1. The summed E-state index contributed by atoms with van der Waals surface area (Å²) in [4.78, 5) is 11.4. The van der Waals surface area contributed by atoms with E-state index in [0.717, 1.165) is 5.39 Å². The molecule has 0 radical (unpaired) electrons. The van der Waals surface area contributed by atoms with E-state index in [-0.39, 0.29) is 5.75 Å². The highest BCUT2D eigenvalue weighted by Gasteiger charge is 2.12. The molecule has 16 heavy (non-hydrogen) atoms. The van der Waals surface area contributed by atoms with Crippen molar-refractivity contribution in [3.8, 4) is 5.75 Å². The molecule has 0 saturated heterocycles. The Morgan fingerprint density at radius 1 is 1.31 bits per heavy atom. The maximum Gasteiger partial charge on any atom is 0.339 e. The number of ether oxygens (including phenoxy) is 1. The lowest BCUT2D eigenvalue weighted by Crippen LogP contribution is -2.05. The molecule has 0 spiro atoms. The number of fused-ring (bicyclic) bond motifs is 1. The molecule has 4 nitrogen and oxygen atoms in total. The molecule has 2 aromatic carbocycles. The first kappa shape index (κ1) is 10.3. The highest BCUT2D eigenvalue weighted by atomic mass is 16.5. The van der Waals surface area contributed by atoms with Gasteiger partial charge in [0.25, 0.3) is 0 Å². The second-order valence-corrected chi connectivity index (χ2v) is 3.42. The van der Waals surface area contributed by atoms with Crippen LogP contribution in [-0.2, 0) is 4.74 Å². The summed E-state index contributed by atoms with van der Waals surface area (Å²) >= 11 is 0. The molecule has 0 amide bonds. The van der Waals surface area contributed by atoms with E-state index in [9.17, 15) is 9.90 Å². The van der Waals surface area contributed by atoms with Crippen LogP contribution in [0.5, 0.6) is 5.75 Å². The molecule has 0 aliphatic carbocycles. The summed E-state index contributed by atoms with van der Waals surface area (Å²) in [7, 11) is 1.30. The van der Waals surface area contributed by atoms with Gasteiger partial charge in [-0.2, -0.15) is 0 Å². The molecule has 0 fully saturated rings. The van der Waals surface area contributed by atoms with Crippen LogP contribution in [0, 0.1) is 0 Å². The lowest BCUT2D eigenvalue weighted by molar-refractivity contribution is 0.0602. The molecule has 82 valence electrons. The molecule has 0 bridgehead atoms. The predicted molar refractivity (Wildman–Crippen MR) is 61.4 cm³/mol. The average molecular weight is 217 g/mol. The molecule has 2 rings (SSSR count). The van der Waals surface area contributed by atoms with Crippen LogP contribution in [0.1, 0.15) is 10.4 Å². The number of rotatable bonds is 1. The van der Waals surface area contributed by atoms with E-state index in [2.05, 4.69) is 4.74 Å². The van der Waals surface area contributed by atoms with Gasteiger partial charge in [0.05, 0.1) is 18.4 Å². The van der Waals surface area contributed by atoms with Crippen LogP contribution >= 0.6 is 0 Å². The molecular weight excluding hydrogens is 206 g/mol. The third-order valence-corrected chi connectivity index (χ3v) is 2.45. The number of anilines is 1. The van der Waals surface area contributed by atoms with Gasteiger partial charge in [0.15, 0.2) is 0 Å². The van der Waals surface area contributed by atoms with Crippen LogP contribution in [0.3, 0.4) is 0 Å². The highest BCUT2D eigenvalue weighted by Crippen LogP contribution is 2.28. The van der Waals surface area contributed by atoms with E-state index < -0.39 is 5.97 Å². The number of hydrogen-bond acceptors (Lipinski definition) is 4. The first-order valence-electron chi connectivity index (χ1n) is 4.73. The molecule has 0 atom stereocenters. The molecule has 0 aliphatic rings. The minimum absolute atomic E-state index is 0.112. The Morgan fingerprint density at radius 2 is 2.00 bits per heavy atom. The van der Waals surface area contributed by atoms with Crippen LogP contribution < -0.4 is 5.73 Å². The number of carbonyl (C=O) groups is 1. The fourth-order valence-corrected chi connectivity index (χ4v) is 1.62. The molecule has 4 heteroatoms. The molecule has 0 heterocycles. The molecule has 0 unspecified atom stereocenters. The average Bonchev–Trinajstić information content (AvgIpc) is 2.29. The van der Waals surface area contributed by atoms with Gasteiger partial charge in [-0.3, -0.25) is 0 Å². The van der Waals surface area contributed by atoms with E-state index in [1.54, 1.807) is 24.3 Å². The fourth-order valence-electron chi connectivity index (χ4n) is 1.62. The first-order chi connectivity index (χ1) is 7.63. The fraction of sp³-hybridized carbons (Fsp3) is 0.0833. The standard InChI is InChI=1S/C12H11NO3/c1-16-12(15)9-5-3-7-2-4-8(14)6-10(7)11(9)13/h2-6,14H,13H2,1H3. The van der Waals surface area contributed by atoms with Crippen molar-refractivity contribution in [2.75, 3.05) is 12.8 Å². The number of esters is 1. The van der Waals surface area contributed by atoms with E-state index in [1.165, 1.54) is 13.2 Å². The molecular formula is C12H11NO3. The monoisotopic (exact) mass is 217 g/mol. The topological polar surface area (TPSA) is 72.5 Å². The Kier molecular flexibility index (Phi) is 2.40. The Bertz CT molecular complexity index is 563. The quantitative estimate of drug-likeness (QED) is 0.565. The van der Waals surface area contributed by atoms with Crippen molar-refractivity contribution in [3.05, 3.63) is 35.9 Å². The van der Waals surface area contributed by atoms with Crippen molar-refractivity contribution in [1.29, 1.82) is 0 Å². The molecule has 0 saturated carbocycles. The Labute approximate surface area is 92.3 Å². The Balaban J connectivity index is 2.72. The molecule has 0 aromatic heterocycles. The van der Waals surface area contributed by atoms with Gasteiger partial charge in [-0.1, -0.05) is 12.1 Å². The van der Waals surface area contributed by atoms with Gasteiger partial charge >= 0.3 is 5.97 Å². The van der Waals surface area contributed by atoms with E-state index in [0.29, 0.717) is 16.6 Å². The zero-order valence-electron chi connectivity index (χ0n) is 8.73. The predicted octanol–water partition coefficient (Wildman–Crippen LogP) is 1.91. The van der Waals surface area contributed by atoms with Crippen molar-refractivity contribution in [2.45, 2.75) is 0 Å². The lowest BCUT2D eigenvalue weighted by atomic mass is 10.0. The van der Waals surface area contributed by atoms with Crippen LogP contribution in [0.4, 0.5) is 5.69 Å². The number of phenols is 1. The van der Waals surface area contributed by atoms with Crippen LogP contribution in [0.15, 0.2) is 30.3 Å². The normalized spacial score (nSPS) is 10.3. The van der Waals surface area contributed by atoms with Crippen molar-refractivity contribution in [1.82, 2.24) is 0 Å². The summed E-state index contributed by atoms with van der Waals surface area (Å²) in [6, 6.07) is 8.21. The molecule has 3 N–H and O–H groups in total. The van der Waals surface area contributed by atoms with Gasteiger partial charge < -0.3 is 15.6 Å². The third kappa shape index (κ3) is 1.54. The summed E-state index contributed by atoms with van der Waals surface area (Å²) in [5, 5.41) is 10.9. The van der Waals surface area contributed by atoms with Gasteiger partial charge in [0.1, 0.15) is 5.75 Å². The highest BCUT2D eigenvalue weighted by molar-refractivity contribution is 6.05. The van der Waals surface area contributed by atoms with Crippen LogP contribution in [0.2, 0.25) is 0 Å². The zero-order chi connectivity index (χ0) is 11.7. The Hall–Kier alpha value is -2.23. The number of nitrogen functional groups attached to an aromatic ring is 1. The summed E-state index contributed by atoms with van der Waals surface area (Å²) < 4.78 is 4.61. The summed E-state index contributed by atoms with van der Waals surface area (Å²) in [5.74, 6) is -0.371. The smallest absolute Gasteiger partial charge is 0.339 e. The number of phenolic OH excluding ortho intramolecular Hbond substituents is 1. The molecule has 2 aromatic rings. The minimum atomic E-state index is -0.484. The van der Waals surface area contributed by atoms with Gasteiger partial charge in [-0.15, -0.1) is 0 Å². The Morgan fingerprint density at radius 3 is 2.69 bits per heavy atom. The summed E-state index contributed by atoms with van der Waals surface area (Å²) in [6.07, 6.45) is 0. The largest absolute Gasteiger partial charge is 0.508 e. The van der Waals surface area contributed by atoms with Crippen molar-refractivity contribution < 1.29 is 14.6 Å². The summed E-state index contributed by atoms with van der Waals surface area (Å²) in [5.41, 5.74) is 6.48. The third-order valence-electron chi connectivity index (χ3n) is 2.45. The first-order valence-corrected chi connectivity index (χ1v) is 4.73. The van der Waals surface area contributed by atoms with Gasteiger partial charge in [-0.25, -0.2) is 4.79 Å². The number of hydrogen-bond donors (Lipinski definition) is 2. The second kappa shape index (κ2) is 3.73. The lowest BCUT2D eigenvalue weighted by Gasteiger charge is -2.07. The van der Waals surface area contributed by atoms with Crippen molar-refractivity contribution in [3.63, 3.8) is 0 Å². The van der Waals surface area contributed by atoms with E-state index in [1.807, 2.05) is 0 Å². The SMILES string of the molecule is COC(=O)c1ccc2ccc(O)cc2c1N. The zero-order valence-corrected chi connectivity index (χ0v) is 8.73. The maximum absolute atomic E-state index is 11.4.